The first-order valence-electron chi connectivity index (χ1n) is 10.5. The number of para-hydroxylation sites is 1. The molecule has 178 valence electrons. The summed E-state index contributed by atoms with van der Waals surface area (Å²) < 4.78 is 30.9. The van der Waals surface area contributed by atoms with Crippen molar-refractivity contribution >= 4 is 50.4 Å². The molecule has 11 heteroatoms. The lowest BCUT2D eigenvalue weighted by atomic mass is 10.1. The molecular formula is C23H26N6O4S. The number of benzene rings is 2. The van der Waals surface area contributed by atoms with E-state index in [2.05, 4.69) is 15.0 Å². The Bertz CT molecular complexity index is 1360. The molecule has 0 aliphatic carbocycles. The third-order valence-corrected chi connectivity index (χ3v) is 5.92. The molecule has 0 spiro atoms. The third-order valence-electron chi connectivity index (χ3n) is 5.31. The lowest BCUT2D eigenvalue weighted by Crippen LogP contribution is -2.36. The average Bonchev–Trinajstić information content (AvgIpc) is 2.87. The van der Waals surface area contributed by atoms with Crippen molar-refractivity contribution in [3.8, 4) is 5.75 Å². The van der Waals surface area contributed by atoms with Crippen LogP contribution in [0, 0.1) is 0 Å². The number of nitrogens with one attached hydrogen (secondary N) is 2. The number of nitrogens with zero attached hydrogens (tertiary/aromatic N) is 4. The quantitative estimate of drug-likeness (QED) is 0.546. The van der Waals surface area contributed by atoms with E-state index in [1.807, 2.05) is 44.0 Å². The van der Waals surface area contributed by atoms with Crippen molar-refractivity contribution in [1.29, 1.82) is 0 Å². The molecule has 1 aliphatic heterocycles. The predicted molar refractivity (Wildman–Crippen MR) is 133 cm³/mol. The van der Waals surface area contributed by atoms with E-state index in [0.29, 0.717) is 40.1 Å². The Morgan fingerprint density at radius 3 is 2.50 bits per heavy atom. The normalized spacial score (nSPS) is 13.3. The van der Waals surface area contributed by atoms with Crippen LogP contribution in [0.4, 0.5) is 34.5 Å². The number of methoxy groups -OCH3 is 1. The molecule has 0 saturated carbocycles. The molecule has 2 aromatic carbocycles. The molecule has 1 amide bonds. The van der Waals surface area contributed by atoms with Crippen LogP contribution in [-0.4, -0.2) is 50.7 Å². The zero-order chi connectivity index (χ0) is 24.6. The predicted octanol–water partition coefficient (Wildman–Crippen LogP) is 3.74. The van der Waals surface area contributed by atoms with E-state index in [1.54, 1.807) is 35.4 Å². The van der Waals surface area contributed by atoms with Gasteiger partial charge in [0.15, 0.2) is 5.82 Å². The van der Waals surface area contributed by atoms with Gasteiger partial charge >= 0.3 is 0 Å². The monoisotopic (exact) mass is 482 g/mol. The van der Waals surface area contributed by atoms with E-state index in [9.17, 15) is 13.2 Å². The fraction of sp³-hybridized carbons (Fsp3) is 0.261. The Kier molecular flexibility index (Phi) is 6.05. The Hall–Kier alpha value is -3.86. The van der Waals surface area contributed by atoms with Crippen LogP contribution in [0.1, 0.15) is 24.2 Å². The highest BCUT2D eigenvalue weighted by atomic mass is 32.2. The average molecular weight is 483 g/mol. The number of hydrogen-bond donors (Lipinski definition) is 2. The van der Waals surface area contributed by atoms with Gasteiger partial charge in [-0.25, -0.2) is 13.4 Å². The molecule has 1 aromatic heterocycles. The van der Waals surface area contributed by atoms with Gasteiger partial charge < -0.3 is 19.9 Å². The SMILES string of the molecule is COc1cc(NS(C)(=O)=O)ccc1Nc1ncc2c(n1)N(C)c1ccccc1C(=O)N2C(C)C. The third kappa shape index (κ3) is 4.46. The van der Waals surface area contributed by atoms with E-state index in [0.717, 1.165) is 11.9 Å². The fourth-order valence-corrected chi connectivity index (χ4v) is 4.40. The zero-order valence-electron chi connectivity index (χ0n) is 19.5. The first kappa shape index (κ1) is 23.3. The van der Waals surface area contributed by atoms with Gasteiger partial charge in [0, 0.05) is 19.2 Å². The first-order valence-corrected chi connectivity index (χ1v) is 12.4. The summed E-state index contributed by atoms with van der Waals surface area (Å²) in [5.41, 5.74) is 2.85. The molecule has 0 fully saturated rings. The minimum absolute atomic E-state index is 0.108. The molecule has 3 aromatic rings. The van der Waals surface area contributed by atoms with Gasteiger partial charge in [0.05, 0.1) is 42.2 Å². The summed E-state index contributed by atoms with van der Waals surface area (Å²) in [5.74, 6) is 1.16. The second-order valence-corrected chi connectivity index (χ2v) is 9.91. The number of ether oxygens (including phenoxy) is 1. The molecule has 0 bridgehead atoms. The van der Waals surface area contributed by atoms with Gasteiger partial charge in [-0.15, -0.1) is 0 Å². The van der Waals surface area contributed by atoms with Crippen LogP contribution in [0.5, 0.6) is 5.75 Å². The Morgan fingerprint density at radius 2 is 1.82 bits per heavy atom. The van der Waals surface area contributed by atoms with Gasteiger partial charge in [-0.1, -0.05) is 12.1 Å². The van der Waals surface area contributed by atoms with Crippen LogP contribution in [-0.2, 0) is 10.0 Å². The summed E-state index contributed by atoms with van der Waals surface area (Å²) in [6.45, 7) is 3.89. The highest BCUT2D eigenvalue weighted by Crippen LogP contribution is 2.40. The first-order chi connectivity index (χ1) is 16.1. The van der Waals surface area contributed by atoms with Gasteiger partial charge in [-0.3, -0.25) is 9.52 Å². The molecule has 0 radical (unpaired) electrons. The molecule has 2 heterocycles. The topological polar surface area (TPSA) is 117 Å². The fourth-order valence-electron chi connectivity index (χ4n) is 3.85. The second-order valence-electron chi connectivity index (χ2n) is 8.16. The molecule has 10 nitrogen and oxygen atoms in total. The molecule has 2 N–H and O–H groups in total. The number of rotatable bonds is 6. The number of carbonyl (C=O) groups is 1. The van der Waals surface area contributed by atoms with Gasteiger partial charge in [-0.05, 0) is 38.1 Å². The van der Waals surface area contributed by atoms with Gasteiger partial charge in [0.1, 0.15) is 11.4 Å². The number of aromatic nitrogens is 2. The van der Waals surface area contributed by atoms with Crippen LogP contribution in [0.25, 0.3) is 0 Å². The van der Waals surface area contributed by atoms with Crippen LogP contribution < -0.4 is 24.6 Å². The summed E-state index contributed by atoms with van der Waals surface area (Å²) in [7, 11) is -0.0789. The lowest BCUT2D eigenvalue weighted by Gasteiger charge is -2.27. The van der Waals surface area contributed by atoms with Gasteiger partial charge in [0.25, 0.3) is 5.91 Å². The smallest absolute Gasteiger partial charge is 0.260 e. The zero-order valence-corrected chi connectivity index (χ0v) is 20.3. The Balaban J connectivity index is 1.75. The molecule has 0 unspecified atom stereocenters. The number of sulfonamides is 1. The van der Waals surface area contributed by atoms with Crippen LogP contribution >= 0.6 is 0 Å². The molecule has 4 rings (SSSR count). The summed E-state index contributed by atoms with van der Waals surface area (Å²) in [6.07, 6.45) is 2.70. The van der Waals surface area contributed by atoms with Crippen LogP contribution in [0.3, 0.4) is 0 Å². The van der Waals surface area contributed by atoms with Crippen molar-refractivity contribution in [3.05, 3.63) is 54.2 Å². The maximum absolute atomic E-state index is 13.3. The van der Waals surface area contributed by atoms with E-state index in [4.69, 9.17) is 9.72 Å². The van der Waals surface area contributed by atoms with Crippen molar-refractivity contribution in [2.45, 2.75) is 19.9 Å². The van der Waals surface area contributed by atoms with Crippen LogP contribution in [0.15, 0.2) is 48.7 Å². The largest absolute Gasteiger partial charge is 0.494 e. The highest BCUT2D eigenvalue weighted by Gasteiger charge is 2.32. The molecule has 0 saturated heterocycles. The summed E-state index contributed by atoms with van der Waals surface area (Å²) >= 11 is 0. The van der Waals surface area contributed by atoms with Crippen LogP contribution in [0.2, 0.25) is 0 Å². The minimum atomic E-state index is -3.42. The van der Waals surface area contributed by atoms with E-state index in [-0.39, 0.29) is 11.9 Å². The Labute approximate surface area is 198 Å². The van der Waals surface area contributed by atoms with E-state index in [1.165, 1.54) is 7.11 Å². The summed E-state index contributed by atoms with van der Waals surface area (Å²) in [4.78, 5) is 26.1. The second kappa shape index (κ2) is 8.82. The number of anilines is 6. The summed E-state index contributed by atoms with van der Waals surface area (Å²) in [5, 5.41) is 3.13. The highest BCUT2D eigenvalue weighted by molar-refractivity contribution is 7.92. The van der Waals surface area contributed by atoms with Crippen molar-refractivity contribution in [1.82, 2.24) is 9.97 Å². The maximum atomic E-state index is 13.3. The summed E-state index contributed by atoms with van der Waals surface area (Å²) in [6, 6.07) is 12.1. The van der Waals surface area contributed by atoms with Crippen molar-refractivity contribution in [2.75, 3.05) is 40.3 Å². The van der Waals surface area contributed by atoms with Crippen molar-refractivity contribution in [3.63, 3.8) is 0 Å². The van der Waals surface area contributed by atoms with Crippen molar-refractivity contribution < 1.29 is 17.9 Å². The molecular weight excluding hydrogens is 456 g/mol. The standard InChI is InChI=1S/C23H26N6O4S/c1-14(2)29-19-13-24-23(25-17-11-10-15(12-20(17)33-4)27-34(5,31)32)26-21(19)28(3)18-9-7-6-8-16(18)22(29)30/h6-14,27H,1-5H3,(H,24,25,26). The van der Waals surface area contributed by atoms with Gasteiger partial charge in [0.2, 0.25) is 16.0 Å². The number of hydrogen-bond acceptors (Lipinski definition) is 8. The lowest BCUT2D eigenvalue weighted by molar-refractivity contribution is 0.0981. The molecule has 34 heavy (non-hydrogen) atoms. The number of amides is 1. The van der Waals surface area contributed by atoms with E-state index >= 15 is 0 Å². The minimum Gasteiger partial charge on any atom is -0.494 e. The molecule has 0 atom stereocenters. The number of fused-ring (bicyclic) bond motifs is 2. The molecule has 1 aliphatic rings. The number of carbonyl (C=O) groups excluding carboxylic acids is 1. The Morgan fingerprint density at radius 1 is 1.09 bits per heavy atom. The maximum Gasteiger partial charge on any atom is 0.260 e. The van der Waals surface area contributed by atoms with E-state index < -0.39 is 10.0 Å². The van der Waals surface area contributed by atoms with Crippen molar-refractivity contribution in [2.24, 2.45) is 0 Å². The van der Waals surface area contributed by atoms with Gasteiger partial charge in [-0.2, -0.15) is 4.98 Å².